The molecule has 2 rings (SSSR count). The number of halogens is 1. The van der Waals surface area contributed by atoms with Gasteiger partial charge in [0.1, 0.15) is 5.75 Å². The highest BCUT2D eigenvalue weighted by Crippen LogP contribution is 2.32. The Balaban J connectivity index is 2.05. The van der Waals surface area contributed by atoms with Gasteiger partial charge in [0.25, 0.3) is 0 Å². The van der Waals surface area contributed by atoms with Crippen LogP contribution in [-0.2, 0) is 0 Å². The Kier molecular flexibility index (Phi) is 4.87. The molecule has 1 aromatic carbocycles. The van der Waals surface area contributed by atoms with Crippen LogP contribution in [0.1, 0.15) is 31.4 Å². The van der Waals surface area contributed by atoms with E-state index in [-0.39, 0.29) is 6.04 Å². The average molecular weight is 327 g/mol. The van der Waals surface area contributed by atoms with Gasteiger partial charge in [-0.2, -0.15) is 0 Å². The fourth-order valence-electron chi connectivity index (χ4n) is 2.85. The Bertz CT molecular complexity index is 428. The summed E-state index contributed by atoms with van der Waals surface area (Å²) in [5.41, 5.74) is 1.01. The van der Waals surface area contributed by atoms with Crippen molar-refractivity contribution in [3.8, 4) is 5.75 Å². The first-order chi connectivity index (χ1) is 8.99. The molecule has 0 spiro atoms. The minimum atomic E-state index is 0.264. The third-order valence-electron chi connectivity index (χ3n) is 4.22. The van der Waals surface area contributed by atoms with Crippen molar-refractivity contribution in [1.29, 1.82) is 0 Å². The van der Waals surface area contributed by atoms with Crippen molar-refractivity contribution < 1.29 is 5.11 Å². The van der Waals surface area contributed by atoms with E-state index in [2.05, 4.69) is 46.7 Å². The Morgan fingerprint density at radius 1 is 1.32 bits per heavy atom. The van der Waals surface area contributed by atoms with Crippen molar-refractivity contribution in [2.45, 2.75) is 31.8 Å². The van der Waals surface area contributed by atoms with Gasteiger partial charge in [0.2, 0.25) is 0 Å². The second kappa shape index (κ2) is 6.25. The second-order valence-electron chi connectivity index (χ2n) is 5.61. The van der Waals surface area contributed by atoms with E-state index < -0.39 is 0 Å². The first kappa shape index (κ1) is 14.8. The summed E-state index contributed by atoms with van der Waals surface area (Å²) in [7, 11) is 4.31. The monoisotopic (exact) mass is 326 g/mol. The summed E-state index contributed by atoms with van der Waals surface area (Å²) in [4.78, 5) is 4.78. The normalized spacial score (nSPS) is 19.8. The lowest BCUT2D eigenvalue weighted by molar-refractivity contribution is 0.114. The van der Waals surface area contributed by atoms with Gasteiger partial charge in [-0.1, -0.05) is 15.9 Å². The number of piperidine rings is 1. The van der Waals surface area contributed by atoms with E-state index in [4.69, 9.17) is 0 Å². The molecule has 1 aromatic rings. The van der Waals surface area contributed by atoms with Crippen molar-refractivity contribution in [3.63, 3.8) is 0 Å². The molecule has 1 aliphatic rings. The number of phenols is 1. The van der Waals surface area contributed by atoms with Crippen LogP contribution in [0.5, 0.6) is 5.75 Å². The van der Waals surface area contributed by atoms with Gasteiger partial charge in [0, 0.05) is 35.2 Å². The minimum absolute atomic E-state index is 0.264. The van der Waals surface area contributed by atoms with Crippen LogP contribution in [0.25, 0.3) is 0 Å². The predicted octanol–water partition coefficient (Wildman–Crippen LogP) is 3.24. The Hall–Kier alpha value is -0.580. The highest BCUT2D eigenvalue weighted by atomic mass is 79.9. The van der Waals surface area contributed by atoms with Crippen LogP contribution in [0, 0.1) is 0 Å². The lowest BCUT2D eigenvalue weighted by Crippen LogP contribution is -2.42. The molecule has 0 aliphatic carbocycles. The van der Waals surface area contributed by atoms with E-state index in [1.54, 1.807) is 6.07 Å². The van der Waals surface area contributed by atoms with Gasteiger partial charge in [-0.25, -0.2) is 0 Å². The summed E-state index contributed by atoms with van der Waals surface area (Å²) in [5.74, 6) is 0.394. The third kappa shape index (κ3) is 3.50. The van der Waals surface area contributed by atoms with Gasteiger partial charge in [-0.05, 0) is 52.1 Å². The van der Waals surface area contributed by atoms with Crippen molar-refractivity contribution in [2.75, 3.05) is 27.2 Å². The maximum atomic E-state index is 10.0. The number of phenolic OH excluding ortho intramolecular Hbond substituents is 1. The number of aromatic hydroxyl groups is 1. The summed E-state index contributed by atoms with van der Waals surface area (Å²) in [6.45, 7) is 4.36. The molecule has 0 aromatic heterocycles. The fraction of sp³-hybridized carbons (Fsp3) is 0.600. The van der Waals surface area contributed by atoms with E-state index in [0.29, 0.717) is 11.8 Å². The van der Waals surface area contributed by atoms with Gasteiger partial charge in [-0.3, -0.25) is 4.90 Å². The molecule has 1 fully saturated rings. The lowest BCUT2D eigenvalue weighted by Gasteiger charge is -2.38. The molecule has 0 bridgehead atoms. The highest BCUT2D eigenvalue weighted by Gasteiger charge is 2.25. The zero-order valence-electron chi connectivity index (χ0n) is 11.9. The van der Waals surface area contributed by atoms with Gasteiger partial charge in [0.15, 0.2) is 0 Å². The number of nitrogens with zero attached hydrogens (tertiary/aromatic N) is 2. The van der Waals surface area contributed by atoms with E-state index in [0.717, 1.165) is 23.1 Å². The second-order valence-corrected chi connectivity index (χ2v) is 6.53. The maximum absolute atomic E-state index is 10.0. The average Bonchev–Trinajstić information content (AvgIpc) is 2.41. The van der Waals surface area contributed by atoms with E-state index in [1.165, 1.54) is 12.8 Å². The van der Waals surface area contributed by atoms with Gasteiger partial charge < -0.3 is 10.0 Å². The molecule has 0 radical (unpaired) electrons. The van der Waals surface area contributed by atoms with Crippen molar-refractivity contribution >= 4 is 15.9 Å². The number of hydrogen-bond acceptors (Lipinski definition) is 3. The predicted molar refractivity (Wildman–Crippen MR) is 82.5 cm³/mol. The van der Waals surface area contributed by atoms with E-state index >= 15 is 0 Å². The summed E-state index contributed by atoms with van der Waals surface area (Å²) >= 11 is 3.48. The standard InChI is InChI=1S/C15H23BrN2O/c1-11(14-10-12(16)4-5-15(14)19)18-8-6-13(7-9-18)17(2)3/h4-5,10-11,13,19H,6-9H2,1-3H3. The van der Waals surface area contributed by atoms with Crippen LogP contribution in [-0.4, -0.2) is 48.1 Å². The largest absolute Gasteiger partial charge is 0.508 e. The van der Waals surface area contributed by atoms with Crippen LogP contribution in [0.3, 0.4) is 0 Å². The number of benzene rings is 1. The molecular weight excluding hydrogens is 304 g/mol. The first-order valence-corrected chi connectivity index (χ1v) is 7.67. The SMILES string of the molecule is CC(c1cc(Br)ccc1O)N1CCC(N(C)C)CC1. The van der Waals surface area contributed by atoms with Crippen LogP contribution < -0.4 is 0 Å². The molecule has 1 saturated heterocycles. The molecule has 1 aliphatic heterocycles. The Morgan fingerprint density at radius 3 is 2.53 bits per heavy atom. The molecule has 1 heterocycles. The molecule has 19 heavy (non-hydrogen) atoms. The van der Waals surface area contributed by atoms with Crippen LogP contribution in [0.2, 0.25) is 0 Å². The Labute approximate surface area is 124 Å². The van der Waals surface area contributed by atoms with Crippen LogP contribution in [0.15, 0.2) is 22.7 Å². The smallest absolute Gasteiger partial charge is 0.120 e. The molecule has 0 saturated carbocycles. The number of hydrogen-bond donors (Lipinski definition) is 1. The van der Waals surface area contributed by atoms with Crippen LogP contribution in [0.4, 0.5) is 0 Å². The minimum Gasteiger partial charge on any atom is -0.508 e. The van der Waals surface area contributed by atoms with Gasteiger partial charge in [-0.15, -0.1) is 0 Å². The van der Waals surface area contributed by atoms with Crippen LogP contribution >= 0.6 is 15.9 Å². The highest BCUT2D eigenvalue weighted by molar-refractivity contribution is 9.10. The molecule has 1 N–H and O–H groups in total. The van der Waals surface area contributed by atoms with Crippen molar-refractivity contribution in [1.82, 2.24) is 9.80 Å². The topological polar surface area (TPSA) is 26.7 Å². The molecule has 106 valence electrons. The van der Waals surface area contributed by atoms with Crippen molar-refractivity contribution in [3.05, 3.63) is 28.2 Å². The van der Waals surface area contributed by atoms with Crippen molar-refractivity contribution in [2.24, 2.45) is 0 Å². The molecule has 4 heteroatoms. The number of rotatable bonds is 3. The summed E-state index contributed by atoms with van der Waals surface area (Å²) in [5, 5.41) is 10.0. The molecular formula is C15H23BrN2O. The van der Waals surface area contributed by atoms with E-state index in [1.807, 2.05) is 12.1 Å². The quantitative estimate of drug-likeness (QED) is 0.923. The van der Waals surface area contributed by atoms with Gasteiger partial charge in [0.05, 0.1) is 0 Å². The summed E-state index contributed by atoms with van der Waals surface area (Å²) < 4.78 is 1.02. The zero-order valence-corrected chi connectivity index (χ0v) is 13.5. The Morgan fingerprint density at radius 2 is 1.95 bits per heavy atom. The molecule has 3 nitrogen and oxygen atoms in total. The third-order valence-corrected chi connectivity index (χ3v) is 4.71. The summed E-state index contributed by atoms with van der Waals surface area (Å²) in [6.07, 6.45) is 2.40. The molecule has 1 unspecified atom stereocenters. The zero-order chi connectivity index (χ0) is 14.0. The van der Waals surface area contributed by atoms with E-state index in [9.17, 15) is 5.11 Å². The lowest BCUT2D eigenvalue weighted by atomic mass is 9.99. The number of likely N-dealkylation sites (tertiary alicyclic amines) is 1. The first-order valence-electron chi connectivity index (χ1n) is 6.88. The summed E-state index contributed by atoms with van der Waals surface area (Å²) in [6, 6.07) is 6.63. The maximum Gasteiger partial charge on any atom is 0.120 e. The molecule has 0 amide bonds. The van der Waals surface area contributed by atoms with Gasteiger partial charge >= 0.3 is 0 Å². The molecule has 1 atom stereocenters. The fourth-order valence-corrected chi connectivity index (χ4v) is 3.23.